The van der Waals surface area contributed by atoms with Crippen LogP contribution in [-0.4, -0.2) is 8.07 Å². The van der Waals surface area contributed by atoms with Crippen molar-refractivity contribution in [3.63, 3.8) is 0 Å². The van der Waals surface area contributed by atoms with Crippen LogP contribution in [0, 0.1) is 13.8 Å². The molecule has 3 heteroatoms. The fourth-order valence-electron chi connectivity index (χ4n) is 12.9. The highest BCUT2D eigenvalue weighted by Crippen LogP contribution is 2.66. The van der Waals surface area contributed by atoms with E-state index in [1.165, 1.54) is 116 Å². The topological polar surface area (TPSA) is 12.5 Å². The highest BCUT2D eigenvalue weighted by Gasteiger charge is 2.56. The zero-order valence-electron chi connectivity index (χ0n) is 35.8. The molecule has 2 spiro atoms. The van der Waals surface area contributed by atoms with Crippen LogP contribution in [0.1, 0.15) is 58.4 Å². The van der Waals surface area contributed by atoms with Crippen LogP contribution in [0.4, 0.5) is 17.1 Å². The highest BCUT2D eigenvalue weighted by molar-refractivity contribution is 7.24. The molecule has 5 aliphatic rings. The molecule has 0 radical (unpaired) electrons. The lowest BCUT2D eigenvalue weighted by atomic mass is 9.60. The van der Waals surface area contributed by atoms with E-state index in [-0.39, 0.29) is 5.41 Å². The SMILES string of the molecule is Cc1ccc2c(c1)[Si]1(c3ccccc3-c3ccc(N4c5ccccc5C5(c6ccccc6Oc6ccccc65)c5ccc6c(c54)-c4ccccc4C6(C)C)cc31)c1cc(C)ccc1-2. The summed E-state index contributed by atoms with van der Waals surface area (Å²) >= 11 is 0. The molecule has 1 aliphatic carbocycles. The van der Waals surface area contributed by atoms with E-state index in [0.29, 0.717) is 0 Å². The second-order valence-electron chi connectivity index (χ2n) is 18.9. The van der Waals surface area contributed by atoms with Gasteiger partial charge in [0.25, 0.3) is 0 Å². The summed E-state index contributed by atoms with van der Waals surface area (Å²) in [6, 6.07) is 72.0. The van der Waals surface area contributed by atoms with E-state index in [0.717, 1.165) is 11.5 Å². The van der Waals surface area contributed by atoms with Crippen LogP contribution in [0.5, 0.6) is 11.5 Å². The number of rotatable bonds is 1. The lowest BCUT2D eigenvalue weighted by Gasteiger charge is -2.49. The summed E-state index contributed by atoms with van der Waals surface area (Å²) in [4.78, 5) is 2.66. The first-order valence-corrected chi connectivity index (χ1v) is 24.3. The van der Waals surface area contributed by atoms with Crippen molar-refractivity contribution < 1.29 is 4.74 Å². The quantitative estimate of drug-likeness (QED) is 0.153. The van der Waals surface area contributed by atoms with Crippen LogP contribution >= 0.6 is 0 Å². The molecule has 0 amide bonds. The van der Waals surface area contributed by atoms with Crippen LogP contribution in [0.15, 0.2) is 188 Å². The molecule has 2 nitrogen and oxygen atoms in total. The van der Waals surface area contributed by atoms with Gasteiger partial charge in [0.2, 0.25) is 0 Å². The zero-order chi connectivity index (χ0) is 42.0. The summed E-state index contributed by atoms with van der Waals surface area (Å²) in [5.74, 6) is 1.80. The van der Waals surface area contributed by atoms with Gasteiger partial charge < -0.3 is 9.64 Å². The summed E-state index contributed by atoms with van der Waals surface area (Å²) < 4.78 is 6.83. The average Bonchev–Trinajstić information content (AvgIpc) is 3.86. The van der Waals surface area contributed by atoms with Gasteiger partial charge in [-0.3, -0.25) is 0 Å². The number of benzene rings is 9. The van der Waals surface area contributed by atoms with Gasteiger partial charge in [-0.05, 0) is 115 Å². The minimum Gasteiger partial charge on any atom is -0.457 e. The molecule has 0 aromatic heterocycles. The van der Waals surface area contributed by atoms with E-state index in [9.17, 15) is 0 Å². The van der Waals surface area contributed by atoms with E-state index in [2.05, 4.69) is 221 Å². The molecule has 0 fully saturated rings. The standard InChI is InChI=1S/C60H43NOSi/c1-36-25-28-40-41-29-26-37(2)34-55(41)63(54(40)33-36)53-24-14-6-15-39(53)42-30-27-38(35-56(42)63)61-50-21-11-8-18-45(50)60(46-19-9-12-22-51(46)62-52-23-13-10-20-47(52)60)49-32-31-48-57(58(49)61)43-16-5-7-17-44(43)59(48,3)4/h5-35H,1-4H3. The predicted octanol–water partition coefficient (Wildman–Crippen LogP) is 12.2. The molecular formula is C60H43NOSi. The first-order chi connectivity index (χ1) is 30.8. The van der Waals surface area contributed by atoms with Gasteiger partial charge in [0, 0.05) is 27.8 Å². The van der Waals surface area contributed by atoms with Crippen molar-refractivity contribution in [1.29, 1.82) is 0 Å². The molecule has 9 aromatic rings. The highest BCUT2D eigenvalue weighted by atomic mass is 28.3. The zero-order valence-corrected chi connectivity index (χ0v) is 36.8. The van der Waals surface area contributed by atoms with Gasteiger partial charge in [0.15, 0.2) is 8.07 Å². The third-order valence-corrected chi connectivity index (χ3v) is 20.3. The molecular weight excluding hydrogens is 779 g/mol. The maximum atomic E-state index is 6.83. The molecule has 0 unspecified atom stereocenters. The van der Waals surface area contributed by atoms with E-state index in [1.54, 1.807) is 0 Å². The fourth-order valence-corrected chi connectivity index (χ4v) is 18.8. The molecule has 4 aliphatic heterocycles. The molecule has 0 bridgehead atoms. The number of hydrogen-bond acceptors (Lipinski definition) is 2. The summed E-state index contributed by atoms with van der Waals surface area (Å²) in [6.07, 6.45) is 0. The van der Waals surface area contributed by atoms with Crippen LogP contribution in [0.25, 0.3) is 33.4 Å². The minimum atomic E-state index is -2.77. The van der Waals surface area contributed by atoms with Gasteiger partial charge in [-0.25, -0.2) is 0 Å². The largest absolute Gasteiger partial charge is 0.457 e. The van der Waals surface area contributed by atoms with Gasteiger partial charge >= 0.3 is 0 Å². The second-order valence-corrected chi connectivity index (χ2v) is 22.5. The van der Waals surface area contributed by atoms with E-state index in [4.69, 9.17) is 4.74 Å². The Kier molecular flexibility index (Phi) is 6.76. The number of hydrogen-bond donors (Lipinski definition) is 0. The Balaban J connectivity index is 1.13. The molecule has 9 aromatic carbocycles. The Labute approximate surface area is 369 Å². The Hall–Kier alpha value is -7.20. The first-order valence-electron chi connectivity index (χ1n) is 22.3. The molecule has 0 atom stereocenters. The number of nitrogens with zero attached hydrogens (tertiary/aromatic N) is 1. The van der Waals surface area contributed by atoms with Gasteiger partial charge in [0.1, 0.15) is 11.5 Å². The lowest BCUT2D eigenvalue weighted by molar-refractivity contribution is 0.434. The van der Waals surface area contributed by atoms with E-state index < -0.39 is 13.5 Å². The van der Waals surface area contributed by atoms with Crippen molar-refractivity contribution >= 4 is 45.9 Å². The van der Waals surface area contributed by atoms with Crippen LogP contribution in [0.3, 0.4) is 0 Å². The summed E-state index contributed by atoms with van der Waals surface area (Å²) in [6.45, 7) is 9.33. The smallest absolute Gasteiger partial charge is 0.182 e. The number of ether oxygens (including phenoxy) is 1. The third kappa shape index (κ3) is 4.15. The number of aryl methyl sites for hydroxylation is 2. The van der Waals surface area contributed by atoms with Crippen molar-refractivity contribution in [2.75, 3.05) is 4.90 Å². The molecule has 298 valence electrons. The van der Waals surface area contributed by atoms with Gasteiger partial charge in [-0.1, -0.05) is 183 Å². The van der Waals surface area contributed by atoms with Crippen molar-refractivity contribution in [1.82, 2.24) is 0 Å². The average molecular weight is 822 g/mol. The summed E-state index contributed by atoms with van der Waals surface area (Å²) in [7, 11) is -2.77. The Morgan fingerprint density at radius 2 is 0.921 bits per heavy atom. The van der Waals surface area contributed by atoms with Crippen molar-refractivity contribution in [2.24, 2.45) is 0 Å². The van der Waals surface area contributed by atoms with Gasteiger partial charge in [-0.15, -0.1) is 0 Å². The maximum Gasteiger partial charge on any atom is 0.182 e. The summed E-state index contributed by atoms with van der Waals surface area (Å²) in [5, 5.41) is 6.00. The predicted molar refractivity (Wildman–Crippen MR) is 262 cm³/mol. The van der Waals surface area contributed by atoms with Gasteiger partial charge in [-0.2, -0.15) is 0 Å². The Morgan fingerprint density at radius 3 is 1.60 bits per heavy atom. The first kappa shape index (κ1) is 35.4. The Morgan fingerprint density at radius 1 is 0.413 bits per heavy atom. The van der Waals surface area contributed by atoms with Crippen LogP contribution in [-0.2, 0) is 10.8 Å². The molecule has 4 heterocycles. The molecule has 0 saturated heterocycles. The van der Waals surface area contributed by atoms with Crippen molar-refractivity contribution in [3.05, 3.63) is 233 Å². The molecule has 0 saturated carbocycles. The number of anilines is 3. The molecule has 0 N–H and O–H groups in total. The molecule has 14 rings (SSSR count). The van der Waals surface area contributed by atoms with Crippen molar-refractivity contribution in [3.8, 4) is 44.9 Å². The van der Waals surface area contributed by atoms with E-state index in [1.807, 2.05) is 0 Å². The Bertz CT molecular complexity index is 3420. The fraction of sp³-hybridized carbons (Fsp3) is 0.100. The van der Waals surface area contributed by atoms with Crippen LogP contribution < -0.4 is 30.4 Å². The second kappa shape index (κ2) is 12.0. The maximum absolute atomic E-state index is 6.83. The van der Waals surface area contributed by atoms with Gasteiger partial charge in [0.05, 0.1) is 16.8 Å². The number of fused-ring (bicyclic) bond motifs is 22. The normalized spacial score (nSPS) is 16.1. The van der Waals surface area contributed by atoms with Crippen molar-refractivity contribution in [2.45, 2.75) is 38.5 Å². The minimum absolute atomic E-state index is 0.189. The van der Waals surface area contributed by atoms with E-state index >= 15 is 0 Å². The lowest BCUT2D eigenvalue weighted by Crippen LogP contribution is -2.70. The number of para-hydroxylation sites is 3. The van der Waals surface area contributed by atoms with Crippen LogP contribution in [0.2, 0.25) is 0 Å². The summed E-state index contributed by atoms with van der Waals surface area (Å²) in [5.41, 5.74) is 21.2. The monoisotopic (exact) mass is 821 g/mol. The molecule has 63 heavy (non-hydrogen) atoms. The third-order valence-electron chi connectivity index (χ3n) is 15.4.